The van der Waals surface area contributed by atoms with Crippen LogP contribution in [0.4, 0.5) is 0 Å². The molecule has 3 atom stereocenters. The van der Waals surface area contributed by atoms with Gasteiger partial charge in [-0.15, -0.1) is 0 Å². The van der Waals surface area contributed by atoms with Crippen molar-refractivity contribution >= 4 is 0 Å². The standard InChI is InChI=1S/C13H26N2/c1-3-8-14-12-5-4-9-15(10-12)13-7-6-11(13)2/h11-14H,3-10H2,1-2H3. The number of piperidine rings is 1. The molecule has 2 heteroatoms. The second kappa shape index (κ2) is 5.31. The van der Waals surface area contributed by atoms with E-state index in [1.165, 1.54) is 51.7 Å². The number of hydrogen-bond donors (Lipinski definition) is 1. The van der Waals surface area contributed by atoms with Gasteiger partial charge in [-0.1, -0.05) is 13.8 Å². The first kappa shape index (κ1) is 11.4. The minimum Gasteiger partial charge on any atom is -0.313 e. The lowest BCUT2D eigenvalue weighted by Gasteiger charge is -2.46. The van der Waals surface area contributed by atoms with E-state index in [2.05, 4.69) is 24.1 Å². The van der Waals surface area contributed by atoms with E-state index in [1.807, 2.05) is 0 Å². The van der Waals surface area contributed by atoms with Crippen molar-refractivity contribution < 1.29 is 0 Å². The minimum atomic E-state index is 0.770. The maximum Gasteiger partial charge on any atom is 0.0195 e. The molecule has 3 unspecified atom stereocenters. The Balaban J connectivity index is 1.76. The summed E-state index contributed by atoms with van der Waals surface area (Å²) in [6.45, 7) is 8.51. The van der Waals surface area contributed by atoms with E-state index in [0.29, 0.717) is 0 Å². The SMILES string of the molecule is CCCNC1CCCN(C2CCC2C)C1. The molecular formula is C13H26N2. The molecule has 88 valence electrons. The van der Waals surface area contributed by atoms with Gasteiger partial charge in [0.15, 0.2) is 0 Å². The Kier molecular flexibility index (Phi) is 4.04. The highest BCUT2D eigenvalue weighted by molar-refractivity contribution is 4.90. The molecule has 2 rings (SSSR count). The molecule has 1 aliphatic heterocycles. The second-order valence-electron chi connectivity index (χ2n) is 5.41. The lowest BCUT2D eigenvalue weighted by atomic mass is 9.79. The van der Waals surface area contributed by atoms with Crippen LogP contribution < -0.4 is 5.32 Å². The van der Waals surface area contributed by atoms with Crippen LogP contribution in [0.1, 0.15) is 46.0 Å². The van der Waals surface area contributed by atoms with Crippen molar-refractivity contribution in [2.45, 2.75) is 58.0 Å². The fraction of sp³-hybridized carbons (Fsp3) is 1.00. The van der Waals surface area contributed by atoms with Crippen LogP contribution in [0.3, 0.4) is 0 Å². The molecular weight excluding hydrogens is 184 g/mol. The average molecular weight is 210 g/mol. The Morgan fingerprint density at radius 1 is 1.27 bits per heavy atom. The summed E-state index contributed by atoms with van der Waals surface area (Å²) in [6.07, 6.45) is 6.94. The molecule has 0 bridgehead atoms. The summed E-state index contributed by atoms with van der Waals surface area (Å²) in [7, 11) is 0. The maximum absolute atomic E-state index is 3.68. The lowest BCUT2D eigenvalue weighted by molar-refractivity contribution is 0.0443. The van der Waals surface area contributed by atoms with Gasteiger partial charge < -0.3 is 5.32 Å². The summed E-state index contributed by atoms with van der Waals surface area (Å²) in [5.41, 5.74) is 0. The van der Waals surface area contributed by atoms with Gasteiger partial charge in [0.25, 0.3) is 0 Å². The Morgan fingerprint density at radius 3 is 2.73 bits per heavy atom. The molecule has 15 heavy (non-hydrogen) atoms. The Hall–Kier alpha value is -0.0800. The topological polar surface area (TPSA) is 15.3 Å². The Morgan fingerprint density at radius 2 is 2.13 bits per heavy atom. The van der Waals surface area contributed by atoms with Crippen molar-refractivity contribution in [3.63, 3.8) is 0 Å². The molecule has 1 saturated carbocycles. The molecule has 2 aliphatic rings. The molecule has 0 amide bonds. The lowest BCUT2D eigenvalue weighted by Crippen LogP contribution is -2.54. The van der Waals surface area contributed by atoms with Crippen LogP contribution >= 0.6 is 0 Å². The third kappa shape index (κ3) is 2.73. The van der Waals surface area contributed by atoms with Crippen molar-refractivity contribution in [3.05, 3.63) is 0 Å². The molecule has 1 aliphatic carbocycles. The van der Waals surface area contributed by atoms with Gasteiger partial charge in [0, 0.05) is 18.6 Å². The van der Waals surface area contributed by atoms with Gasteiger partial charge in [0.05, 0.1) is 0 Å². The number of likely N-dealkylation sites (tertiary alicyclic amines) is 1. The highest BCUT2D eigenvalue weighted by atomic mass is 15.2. The van der Waals surface area contributed by atoms with Crippen molar-refractivity contribution in [2.24, 2.45) is 5.92 Å². The van der Waals surface area contributed by atoms with E-state index >= 15 is 0 Å². The Bertz CT molecular complexity index is 193. The van der Waals surface area contributed by atoms with E-state index in [-0.39, 0.29) is 0 Å². The third-order valence-corrected chi connectivity index (χ3v) is 4.18. The van der Waals surface area contributed by atoms with Crippen molar-refractivity contribution in [1.29, 1.82) is 0 Å². The fourth-order valence-electron chi connectivity index (χ4n) is 3.01. The van der Waals surface area contributed by atoms with Crippen LogP contribution in [0.15, 0.2) is 0 Å². The molecule has 0 spiro atoms. The quantitative estimate of drug-likeness (QED) is 0.765. The number of nitrogens with zero attached hydrogens (tertiary/aromatic N) is 1. The molecule has 2 fully saturated rings. The van der Waals surface area contributed by atoms with Gasteiger partial charge in [-0.25, -0.2) is 0 Å². The molecule has 0 aromatic carbocycles. The minimum absolute atomic E-state index is 0.770. The summed E-state index contributed by atoms with van der Waals surface area (Å²) in [4.78, 5) is 2.74. The molecule has 1 saturated heterocycles. The van der Waals surface area contributed by atoms with Gasteiger partial charge in [-0.2, -0.15) is 0 Å². The predicted octanol–water partition coefficient (Wildman–Crippen LogP) is 2.25. The first-order chi connectivity index (χ1) is 7.31. The van der Waals surface area contributed by atoms with Gasteiger partial charge in [0.2, 0.25) is 0 Å². The normalized spacial score (nSPS) is 37.6. The molecule has 0 radical (unpaired) electrons. The largest absolute Gasteiger partial charge is 0.313 e. The van der Waals surface area contributed by atoms with E-state index in [4.69, 9.17) is 0 Å². The third-order valence-electron chi connectivity index (χ3n) is 4.18. The van der Waals surface area contributed by atoms with Crippen LogP contribution in [-0.2, 0) is 0 Å². The summed E-state index contributed by atoms with van der Waals surface area (Å²) < 4.78 is 0. The molecule has 2 nitrogen and oxygen atoms in total. The molecule has 0 aromatic rings. The van der Waals surface area contributed by atoms with Crippen LogP contribution in [-0.4, -0.2) is 36.6 Å². The predicted molar refractivity (Wildman–Crippen MR) is 65.1 cm³/mol. The summed E-state index contributed by atoms with van der Waals surface area (Å²) in [5.74, 6) is 0.954. The number of rotatable bonds is 4. The fourth-order valence-corrected chi connectivity index (χ4v) is 3.01. The monoisotopic (exact) mass is 210 g/mol. The molecule has 1 N–H and O–H groups in total. The van der Waals surface area contributed by atoms with Gasteiger partial charge in [-0.3, -0.25) is 4.90 Å². The zero-order chi connectivity index (χ0) is 10.7. The molecule has 0 aromatic heterocycles. The zero-order valence-electron chi connectivity index (χ0n) is 10.3. The maximum atomic E-state index is 3.68. The zero-order valence-corrected chi connectivity index (χ0v) is 10.3. The van der Waals surface area contributed by atoms with Crippen molar-refractivity contribution in [1.82, 2.24) is 10.2 Å². The molecule has 1 heterocycles. The van der Waals surface area contributed by atoms with E-state index in [0.717, 1.165) is 18.0 Å². The van der Waals surface area contributed by atoms with Crippen LogP contribution in [0.25, 0.3) is 0 Å². The van der Waals surface area contributed by atoms with Crippen molar-refractivity contribution in [2.75, 3.05) is 19.6 Å². The van der Waals surface area contributed by atoms with Gasteiger partial charge in [0.1, 0.15) is 0 Å². The second-order valence-corrected chi connectivity index (χ2v) is 5.41. The highest BCUT2D eigenvalue weighted by Gasteiger charge is 2.34. The smallest absolute Gasteiger partial charge is 0.0195 e. The number of hydrogen-bond acceptors (Lipinski definition) is 2. The average Bonchev–Trinajstić information content (AvgIpc) is 2.25. The summed E-state index contributed by atoms with van der Waals surface area (Å²) in [5, 5.41) is 3.68. The summed E-state index contributed by atoms with van der Waals surface area (Å²) in [6, 6.07) is 1.68. The highest BCUT2D eigenvalue weighted by Crippen LogP contribution is 2.33. The van der Waals surface area contributed by atoms with Crippen LogP contribution in [0, 0.1) is 5.92 Å². The van der Waals surface area contributed by atoms with Crippen LogP contribution in [0.5, 0.6) is 0 Å². The van der Waals surface area contributed by atoms with Gasteiger partial charge in [-0.05, 0) is 51.1 Å². The number of nitrogens with one attached hydrogen (secondary N) is 1. The van der Waals surface area contributed by atoms with E-state index in [1.54, 1.807) is 0 Å². The van der Waals surface area contributed by atoms with Gasteiger partial charge >= 0.3 is 0 Å². The van der Waals surface area contributed by atoms with E-state index in [9.17, 15) is 0 Å². The van der Waals surface area contributed by atoms with Crippen molar-refractivity contribution in [3.8, 4) is 0 Å². The van der Waals surface area contributed by atoms with Crippen LogP contribution in [0.2, 0.25) is 0 Å². The first-order valence-corrected chi connectivity index (χ1v) is 6.78. The summed E-state index contributed by atoms with van der Waals surface area (Å²) >= 11 is 0. The van der Waals surface area contributed by atoms with E-state index < -0.39 is 0 Å². The first-order valence-electron chi connectivity index (χ1n) is 6.78. The Labute approximate surface area is 94.4 Å².